The lowest BCUT2D eigenvalue weighted by atomic mass is 10.4. The van der Waals surface area contributed by atoms with Crippen molar-refractivity contribution in [1.29, 1.82) is 0 Å². The molecule has 0 radical (unpaired) electrons. The van der Waals surface area contributed by atoms with E-state index in [2.05, 4.69) is 0 Å². The zero-order valence-corrected chi connectivity index (χ0v) is 18.7. The van der Waals surface area contributed by atoms with Crippen LogP contribution in [0.25, 0.3) is 0 Å². The molecular weight excluding hydrogens is 344 g/mol. The quantitative estimate of drug-likeness (QED) is 0.358. The molecule has 0 bridgehead atoms. The summed E-state index contributed by atoms with van der Waals surface area (Å²) in [5.41, 5.74) is -0.841. The van der Waals surface area contributed by atoms with Gasteiger partial charge < -0.3 is 32.2 Å². The molecule has 0 saturated heterocycles. The normalized spacial score (nSPS) is 15.0. The molecule has 0 fully saturated rings. The largest absolute Gasteiger partial charge is 0.539 e. The first-order valence-electron chi connectivity index (χ1n) is 8.82. The van der Waals surface area contributed by atoms with Gasteiger partial charge in [-0.15, -0.1) is 0 Å². The van der Waals surface area contributed by atoms with Gasteiger partial charge in [-0.25, -0.2) is 0 Å². The van der Waals surface area contributed by atoms with E-state index in [9.17, 15) is 0 Å². The van der Waals surface area contributed by atoms with Crippen molar-refractivity contribution in [3.8, 4) is 0 Å². The van der Waals surface area contributed by atoms with Gasteiger partial charge in [0.25, 0.3) is 0 Å². The minimum absolute atomic E-state index is 0.154. The van der Waals surface area contributed by atoms with Gasteiger partial charge in [0.1, 0.15) is 0 Å². The fourth-order valence-corrected chi connectivity index (χ4v) is 4.70. The Bertz CT molecular complexity index is 322. The lowest BCUT2D eigenvalue weighted by Gasteiger charge is -2.46. The molecular formula is C17H38O7Si. The minimum Gasteiger partial charge on any atom is -0.375 e. The Balaban J connectivity index is 6.34. The van der Waals surface area contributed by atoms with E-state index in [0.29, 0.717) is 0 Å². The summed E-state index contributed by atoms with van der Waals surface area (Å²) in [7, 11) is 1.24. The Hall–Kier alpha value is -0.0631. The first-order chi connectivity index (χ1) is 11.5. The van der Waals surface area contributed by atoms with Crippen molar-refractivity contribution in [1.82, 2.24) is 0 Å². The van der Waals surface area contributed by atoms with E-state index in [1.165, 1.54) is 21.3 Å². The minimum atomic E-state index is -3.34. The van der Waals surface area contributed by atoms with Gasteiger partial charge in [-0.1, -0.05) is 0 Å². The highest BCUT2D eigenvalue weighted by Gasteiger charge is 2.64. The average molecular weight is 383 g/mol. The summed E-state index contributed by atoms with van der Waals surface area (Å²) >= 11 is 0. The highest BCUT2D eigenvalue weighted by molar-refractivity contribution is 6.62. The van der Waals surface area contributed by atoms with E-state index < -0.39 is 20.5 Å². The smallest absolute Gasteiger partial charge is 0.375 e. The van der Waals surface area contributed by atoms with Gasteiger partial charge in [0, 0.05) is 21.3 Å². The van der Waals surface area contributed by atoms with E-state index in [-0.39, 0.29) is 24.4 Å². The van der Waals surface area contributed by atoms with Crippen molar-refractivity contribution >= 4 is 8.80 Å². The maximum absolute atomic E-state index is 6.17. The molecule has 0 amide bonds. The van der Waals surface area contributed by atoms with Crippen molar-refractivity contribution in [3.05, 3.63) is 0 Å². The molecule has 1 unspecified atom stereocenters. The molecule has 0 saturated carbocycles. The third kappa shape index (κ3) is 7.22. The summed E-state index contributed by atoms with van der Waals surface area (Å²) in [6, 6.07) is 0. The lowest BCUT2D eigenvalue weighted by molar-refractivity contribution is -0.437. The molecule has 0 aliphatic carbocycles. The molecule has 0 aliphatic rings. The van der Waals surface area contributed by atoms with Gasteiger partial charge in [0.05, 0.1) is 24.4 Å². The van der Waals surface area contributed by atoms with Crippen LogP contribution in [0.15, 0.2) is 0 Å². The molecule has 8 heteroatoms. The number of rotatable bonds is 13. The third-order valence-electron chi connectivity index (χ3n) is 3.10. The summed E-state index contributed by atoms with van der Waals surface area (Å²) in [5, 5.41) is 0. The fourth-order valence-electron chi connectivity index (χ4n) is 2.48. The van der Waals surface area contributed by atoms with Crippen molar-refractivity contribution in [2.24, 2.45) is 0 Å². The van der Waals surface area contributed by atoms with E-state index in [0.717, 1.165) is 0 Å². The Morgan fingerprint density at radius 1 is 0.560 bits per heavy atom. The molecule has 7 nitrogen and oxygen atoms in total. The zero-order chi connectivity index (χ0) is 19.8. The van der Waals surface area contributed by atoms with Crippen molar-refractivity contribution in [3.63, 3.8) is 0 Å². The van der Waals surface area contributed by atoms with Gasteiger partial charge in [-0.3, -0.25) is 0 Å². The molecule has 0 aliphatic heterocycles. The van der Waals surface area contributed by atoms with Gasteiger partial charge in [-0.2, -0.15) is 0 Å². The molecule has 0 heterocycles. The van der Waals surface area contributed by atoms with Crippen LogP contribution in [0.1, 0.15) is 55.4 Å². The third-order valence-corrected chi connectivity index (χ3v) is 5.94. The lowest BCUT2D eigenvalue weighted by Crippen LogP contribution is -2.69. The zero-order valence-electron chi connectivity index (χ0n) is 17.7. The molecule has 152 valence electrons. The second-order valence-electron chi connectivity index (χ2n) is 6.88. The molecule has 0 spiro atoms. The van der Waals surface area contributed by atoms with Gasteiger partial charge in [0.2, 0.25) is 5.73 Å². The van der Waals surface area contributed by atoms with Gasteiger partial charge in [-0.05, 0) is 55.4 Å². The van der Waals surface area contributed by atoms with E-state index in [1.807, 2.05) is 55.4 Å². The fraction of sp³-hybridized carbons (Fsp3) is 1.00. The molecule has 0 aromatic heterocycles. The molecule has 1 atom stereocenters. The number of hydrogen-bond donors (Lipinski definition) is 0. The van der Waals surface area contributed by atoms with Crippen LogP contribution < -0.4 is 0 Å². The van der Waals surface area contributed by atoms with Crippen molar-refractivity contribution < 1.29 is 32.2 Å². The number of hydrogen-bond acceptors (Lipinski definition) is 7. The van der Waals surface area contributed by atoms with Crippen LogP contribution in [0, 0.1) is 0 Å². The van der Waals surface area contributed by atoms with Crippen LogP contribution in [0.2, 0.25) is 0 Å². The Morgan fingerprint density at radius 2 is 0.880 bits per heavy atom. The molecule has 0 aromatic carbocycles. The topological polar surface area (TPSA) is 64.6 Å². The Morgan fingerprint density at radius 3 is 1.08 bits per heavy atom. The van der Waals surface area contributed by atoms with Crippen molar-refractivity contribution in [2.45, 2.75) is 91.5 Å². The Labute approximate surface area is 154 Å². The van der Waals surface area contributed by atoms with Gasteiger partial charge in [0.15, 0.2) is 0 Å². The summed E-state index contributed by atoms with van der Waals surface area (Å²) in [6.07, 6.45) is -0.715. The van der Waals surface area contributed by atoms with Crippen LogP contribution in [0.5, 0.6) is 0 Å². The van der Waals surface area contributed by atoms with Crippen LogP contribution in [0.4, 0.5) is 0 Å². The van der Waals surface area contributed by atoms with Crippen molar-refractivity contribution in [2.75, 3.05) is 21.3 Å². The Kier molecular flexibility index (Phi) is 10.9. The van der Waals surface area contributed by atoms with Crippen LogP contribution in [-0.4, -0.2) is 66.3 Å². The first-order valence-corrected chi connectivity index (χ1v) is 10.6. The van der Waals surface area contributed by atoms with E-state index in [1.54, 1.807) is 0 Å². The van der Waals surface area contributed by atoms with Crippen LogP contribution >= 0.6 is 0 Å². The van der Waals surface area contributed by atoms with Crippen LogP contribution in [-0.2, 0) is 32.2 Å². The second-order valence-corrected chi connectivity index (χ2v) is 9.84. The first kappa shape index (κ1) is 24.9. The molecule has 0 N–H and O–H groups in total. The summed E-state index contributed by atoms with van der Waals surface area (Å²) < 4.78 is 41.7. The van der Waals surface area contributed by atoms with E-state index in [4.69, 9.17) is 32.2 Å². The second kappa shape index (κ2) is 10.9. The molecule has 25 heavy (non-hydrogen) atoms. The summed E-state index contributed by atoms with van der Waals surface area (Å²) in [4.78, 5) is 0. The summed E-state index contributed by atoms with van der Waals surface area (Å²) in [5.74, 6) is -1.53. The molecule has 0 aromatic rings. The van der Waals surface area contributed by atoms with Gasteiger partial charge >= 0.3 is 14.8 Å². The number of ether oxygens (including phenoxy) is 4. The standard InChI is InChI=1S/C17H38O7Si/c1-12(2)21-16(25(18-9,19-10)20-11)17(22-13(3)4,23-14(5)6)24-15(7)8/h12-16H,1-11H3. The predicted molar refractivity (Wildman–Crippen MR) is 98.2 cm³/mol. The van der Waals surface area contributed by atoms with Crippen LogP contribution in [0.3, 0.4) is 0 Å². The predicted octanol–water partition coefficient (Wildman–Crippen LogP) is 3.13. The van der Waals surface area contributed by atoms with E-state index >= 15 is 0 Å². The maximum Gasteiger partial charge on any atom is 0.539 e. The highest BCUT2D eigenvalue weighted by atomic mass is 28.4. The SMILES string of the molecule is CO[Si](OC)(OC)C(OC(C)C)C(OC(C)C)(OC(C)C)OC(C)C. The monoisotopic (exact) mass is 382 g/mol. The summed E-state index contributed by atoms with van der Waals surface area (Å²) in [6.45, 7) is 15.3. The highest BCUT2D eigenvalue weighted by Crippen LogP contribution is 2.35. The average Bonchev–Trinajstić information content (AvgIpc) is 2.45. The maximum atomic E-state index is 6.17. The molecule has 0 rings (SSSR count).